The molecule has 0 aliphatic carbocycles. The summed E-state index contributed by atoms with van der Waals surface area (Å²) in [5.74, 6) is 1.71. The maximum absolute atomic E-state index is 12.3. The third kappa shape index (κ3) is 5.09. The van der Waals surface area contributed by atoms with Gasteiger partial charge in [0.25, 0.3) is 11.8 Å². The van der Waals surface area contributed by atoms with Crippen LogP contribution < -0.4 is 15.0 Å². The lowest BCUT2D eigenvalue weighted by Crippen LogP contribution is -3.08. The van der Waals surface area contributed by atoms with Gasteiger partial charge in [-0.1, -0.05) is 41.9 Å². The van der Waals surface area contributed by atoms with Crippen molar-refractivity contribution >= 4 is 23.2 Å². The highest BCUT2D eigenvalue weighted by molar-refractivity contribution is 6.31. The van der Waals surface area contributed by atoms with Crippen molar-refractivity contribution in [1.82, 2.24) is 4.98 Å². The van der Waals surface area contributed by atoms with Crippen molar-refractivity contribution in [3.05, 3.63) is 65.6 Å². The molecule has 2 N–H and O–H groups in total. The van der Waals surface area contributed by atoms with Crippen LogP contribution in [0.2, 0.25) is 5.02 Å². The SMILES string of the molecule is COc1ccc(Cl)cc1NC(=O)C[NH+](C)Cc1ncc(-c2ccccc2)o1. The molecule has 2 aromatic carbocycles. The van der Waals surface area contributed by atoms with Crippen LogP contribution in [0.5, 0.6) is 5.75 Å². The van der Waals surface area contributed by atoms with Crippen molar-refractivity contribution in [2.75, 3.05) is 26.0 Å². The third-order valence-corrected chi connectivity index (χ3v) is 4.20. The molecule has 1 aromatic heterocycles. The number of amides is 1. The van der Waals surface area contributed by atoms with Crippen LogP contribution in [0.4, 0.5) is 5.69 Å². The molecule has 1 amide bonds. The molecule has 0 spiro atoms. The summed E-state index contributed by atoms with van der Waals surface area (Å²) in [6.45, 7) is 0.742. The molecule has 0 saturated heterocycles. The number of hydrogen-bond donors (Lipinski definition) is 2. The molecule has 0 fully saturated rings. The van der Waals surface area contributed by atoms with Crippen LogP contribution in [0.25, 0.3) is 11.3 Å². The molecule has 0 radical (unpaired) electrons. The van der Waals surface area contributed by atoms with Crippen LogP contribution in [0.15, 0.2) is 59.1 Å². The number of rotatable bonds is 7. The first-order chi connectivity index (χ1) is 13.0. The summed E-state index contributed by atoms with van der Waals surface area (Å²) in [4.78, 5) is 17.6. The Balaban J connectivity index is 1.58. The lowest BCUT2D eigenvalue weighted by molar-refractivity contribution is -0.886. The second-order valence-corrected chi connectivity index (χ2v) is 6.62. The first-order valence-electron chi connectivity index (χ1n) is 8.50. The Kier molecular flexibility index (Phi) is 6.11. The predicted molar refractivity (Wildman–Crippen MR) is 104 cm³/mol. The van der Waals surface area contributed by atoms with E-state index in [4.69, 9.17) is 20.8 Å². The zero-order chi connectivity index (χ0) is 19.2. The number of carbonyl (C=O) groups is 1. The summed E-state index contributed by atoms with van der Waals surface area (Å²) in [5.41, 5.74) is 1.52. The molecule has 27 heavy (non-hydrogen) atoms. The predicted octanol–water partition coefficient (Wildman–Crippen LogP) is 2.66. The highest BCUT2D eigenvalue weighted by Gasteiger charge is 2.16. The van der Waals surface area contributed by atoms with Gasteiger partial charge in [0.05, 0.1) is 26.0 Å². The normalized spacial score (nSPS) is 11.8. The summed E-state index contributed by atoms with van der Waals surface area (Å²) >= 11 is 5.99. The molecule has 0 bridgehead atoms. The lowest BCUT2D eigenvalue weighted by atomic mass is 10.2. The van der Waals surface area contributed by atoms with Gasteiger partial charge in [0.1, 0.15) is 5.75 Å². The van der Waals surface area contributed by atoms with Crippen molar-refractivity contribution in [2.24, 2.45) is 0 Å². The van der Waals surface area contributed by atoms with E-state index in [1.165, 1.54) is 0 Å². The molecule has 3 aromatic rings. The standard InChI is InChI=1S/C20H20ClN3O3/c1-24(12-19(25)23-16-10-15(21)8-9-17(16)26-2)13-20-22-11-18(27-20)14-6-4-3-5-7-14/h3-11H,12-13H2,1-2H3,(H,23,25)/p+1. The van der Waals surface area contributed by atoms with E-state index in [-0.39, 0.29) is 12.5 Å². The summed E-state index contributed by atoms with van der Waals surface area (Å²) in [7, 11) is 3.45. The van der Waals surface area contributed by atoms with E-state index in [1.54, 1.807) is 31.5 Å². The van der Waals surface area contributed by atoms with Gasteiger partial charge in [-0.2, -0.15) is 0 Å². The van der Waals surface area contributed by atoms with Crippen LogP contribution in [-0.2, 0) is 11.3 Å². The minimum atomic E-state index is -0.150. The van der Waals surface area contributed by atoms with E-state index < -0.39 is 0 Å². The number of methoxy groups -OCH3 is 1. The zero-order valence-corrected chi connectivity index (χ0v) is 15.9. The fourth-order valence-electron chi connectivity index (χ4n) is 2.69. The van der Waals surface area contributed by atoms with Gasteiger partial charge in [0.2, 0.25) is 0 Å². The first-order valence-corrected chi connectivity index (χ1v) is 8.88. The molecule has 3 rings (SSSR count). The molecular weight excluding hydrogens is 366 g/mol. The maximum atomic E-state index is 12.3. The zero-order valence-electron chi connectivity index (χ0n) is 15.2. The Morgan fingerprint density at radius 3 is 2.78 bits per heavy atom. The van der Waals surface area contributed by atoms with Crippen LogP contribution in [0.3, 0.4) is 0 Å². The fraction of sp³-hybridized carbons (Fsp3) is 0.200. The number of benzene rings is 2. The number of nitrogens with one attached hydrogen (secondary N) is 2. The van der Waals surface area contributed by atoms with Crippen molar-refractivity contribution in [3.63, 3.8) is 0 Å². The Hall–Kier alpha value is -2.83. The molecule has 1 unspecified atom stereocenters. The maximum Gasteiger partial charge on any atom is 0.279 e. The van der Waals surface area contributed by atoms with Gasteiger partial charge in [-0.25, -0.2) is 4.98 Å². The van der Waals surface area contributed by atoms with Gasteiger partial charge in [-0.05, 0) is 18.2 Å². The Morgan fingerprint density at radius 1 is 1.26 bits per heavy atom. The monoisotopic (exact) mass is 386 g/mol. The van der Waals surface area contributed by atoms with E-state index in [0.29, 0.717) is 34.7 Å². The summed E-state index contributed by atoms with van der Waals surface area (Å²) in [5, 5.41) is 3.36. The second-order valence-electron chi connectivity index (χ2n) is 6.19. The summed E-state index contributed by atoms with van der Waals surface area (Å²) in [6.07, 6.45) is 1.70. The van der Waals surface area contributed by atoms with Crippen molar-refractivity contribution in [1.29, 1.82) is 0 Å². The lowest BCUT2D eigenvalue weighted by Gasteiger charge is -2.14. The molecule has 0 aliphatic heterocycles. The largest absolute Gasteiger partial charge is 0.495 e. The molecule has 0 saturated carbocycles. The molecular formula is C20H21ClN3O3+. The number of nitrogens with zero attached hydrogens (tertiary/aromatic N) is 1. The Morgan fingerprint density at radius 2 is 2.04 bits per heavy atom. The van der Waals surface area contributed by atoms with Gasteiger partial charge in [0.15, 0.2) is 18.8 Å². The quantitative estimate of drug-likeness (QED) is 0.655. The Bertz CT molecular complexity index is 912. The topological polar surface area (TPSA) is 68.8 Å². The molecule has 1 atom stereocenters. The molecule has 1 heterocycles. The van der Waals surface area contributed by atoms with E-state index >= 15 is 0 Å². The highest BCUT2D eigenvalue weighted by atomic mass is 35.5. The number of oxazole rings is 1. The van der Waals surface area contributed by atoms with E-state index in [9.17, 15) is 4.79 Å². The van der Waals surface area contributed by atoms with Crippen LogP contribution in [-0.4, -0.2) is 31.6 Å². The van der Waals surface area contributed by atoms with Crippen molar-refractivity contribution in [3.8, 4) is 17.1 Å². The minimum absolute atomic E-state index is 0.150. The summed E-state index contributed by atoms with van der Waals surface area (Å²) in [6, 6.07) is 14.9. The number of aromatic nitrogens is 1. The second kappa shape index (κ2) is 8.70. The smallest absolute Gasteiger partial charge is 0.279 e. The van der Waals surface area contributed by atoms with E-state index in [0.717, 1.165) is 10.5 Å². The third-order valence-electron chi connectivity index (χ3n) is 3.96. The average Bonchev–Trinajstić information content (AvgIpc) is 3.11. The number of hydrogen-bond acceptors (Lipinski definition) is 4. The average molecular weight is 387 g/mol. The number of ether oxygens (including phenoxy) is 1. The number of carbonyl (C=O) groups excluding carboxylic acids is 1. The number of anilines is 1. The number of halogens is 1. The van der Waals surface area contributed by atoms with E-state index in [2.05, 4.69) is 10.3 Å². The molecule has 140 valence electrons. The van der Waals surface area contributed by atoms with Crippen LogP contribution in [0.1, 0.15) is 5.89 Å². The van der Waals surface area contributed by atoms with Crippen LogP contribution >= 0.6 is 11.6 Å². The Labute approximate surface area is 162 Å². The fourth-order valence-corrected chi connectivity index (χ4v) is 2.87. The highest BCUT2D eigenvalue weighted by Crippen LogP contribution is 2.27. The summed E-state index contributed by atoms with van der Waals surface area (Å²) < 4.78 is 11.0. The molecule has 7 heteroatoms. The molecule has 6 nitrogen and oxygen atoms in total. The van der Waals surface area contributed by atoms with Crippen molar-refractivity contribution < 1.29 is 18.8 Å². The van der Waals surface area contributed by atoms with Gasteiger partial charge in [-0.3, -0.25) is 4.79 Å². The van der Waals surface area contributed by atoms with Gasteiger partial charge in [-0.15, -0.1) is 0 Å². The minimum Gasteiger partial charge on any atom is -0.495 e. The van der Waals surface area contributed by atoms with Crippen LogP contribution in [0, 0.1) is 0 Å². The van der Waals surface area contributed by atoms with E-state index in [1.807, 2.05) is 37.4 Å². The van der Waals surface area contributed by atoms with Crippen molar-refractivity contribution in [2.45, 2.75) is 6.54 Å². The first kappa shape index (κ1) is 18.9. The van der Waals surface area contributed by atoms with Gasteiger partial charge < -0.3 is 19.4 Å². The number of likely N-dealkylation sites (N-methyl/N-ethyl adjacent to an activating group) is 1. The van der Waals surface area contributed by atoms with Gasteiger partial charge >= 0.3 is 0 Å². The molecule has 0 aliphatic rings. The number of quaternary nitrogens is 1. The van der Waals surface area contributed by atoms with Gasteiger partial charge in [0, 0.05) is 10.6 Å².